The first-order valence-electron chi connectivity index (χ1n) is 12.3. The van der Waals surface area contributed by atoms with E-state index in [4.69, 9.17) is 5.26 Å². The van der Waals surface area contributed by atoms with Crippen molar-refractivity contribution in [3.05, 3.63) is 35.4 Å². The Morgan fingerprint density at radius 2 is 1.70 bits per heavy atom. The van der Waals surface area contributed by atoms with Crippen LogP contribution in [0.25, 0.3) is 0 Å². The van der Waals surface area contributed by atoms with Crippen molar-refractivity contribution in [2.24, 2.45) is 11.8 Å². The summed E-state index contributed by atoms with van der Waals surface area (Å²) in [5.41, 5.74) is -0.224. The normalized spacial score (nSPS) is 23.9. The molecule has 37 heavy (non-hydrogen) atoms. The van der Waals surface area contributed by atoms with E-state index in [2.05, 4.69) is 6.07 Å². The van der Waals surface area contributed by atoms with Gasteiger partial charge < -0.3 is 9.80 Å². The number of likely N-dealkylation sites (tertiary alicyclic amines) is 1. The Bertz CT molecular complexity index is 1160. The van der Waals surface area contributed by atoms with Crippen molar-refractivity contribution >= 4 is 22.0 Å². The van der Waals surface area contributed by atoms with Crippen molar-refractivity contribution in [1.82, 2.24) is 18.4 Å². The smallest absolute Gasteiger partial charge is 0.340 e. The quantitative estimate of drug-likeness (QED) is 0.549. The van der Waals surface area contributed by atoms with Crippen LogP contribution in [0.2, 0.25) is 0 Å². The van der Waals surface area contributed by atoms with Crippen molar-refractivity contribution in [2.45, 2.75) is 44.4 Å². The molecule has 0 spiro atoms. The number of halogens is 3. The van der Waals surface area contributed by atoms with E-state index < -0.39 is 33.9 Å². The molecule has 3 aliphatic rings. The van der Waals surface area contributed by atoms with Crippen molar-refractivity contribution in [1.29, 1.82) is 5.26 Å². The second kappa shape index (κ2) is 10.6. The molecule has 2 amide bonds. The maximum Gasteiger partial charge on any atom is 0.416 e. The van der Waals surface area contributed by atoms with Crippen LogP contribution in [0.3, 0.4) is 0 Å². The molecule has 2 atom stereocenters. The predicted molar refractivity (Wildman–Crippen MR) is 127 cm³/mol. The molecule has 202 valence electrons. The van der Waals surface area contributed by atoms with E-state index in [9.17, 15) is 31.2 Å². The van der Waals surface area contributed by atoms with E-state index in [0.29, 0.717) is 44.3 Å². The molecule has 0 bridgehead atoms. The monoisotopic (exact) mass is 541 g/mol. The number of hydrogen-bond donors (Lipinski definition) is 0. The lowest BCUT2D eigenvalue weighted by Gasteiger charge is -2.41. The minimum Gasteiger partial charge on any atom is -0.340 e. The molecule has 4 rings (SSSR count). The van der Waals surface area contributed by atoms with Crippen molar-refractivity contribution in [3.8, 4) is 6.07 Å². The van der Waals surface area contributed by atoms with Crippen LogP contribution in [0.15, 0.2) is 24.3 Å². The van der Waals surface area contributed by atoms with E-state index >= 15 is 0 Å². The highest BCUT2D eigenvalue weighted by Crippen LogP contribution is 2.31. The highest BCUT2D eigenvalue weighted by atomic mass is 32.2. The molecule has 3 heterocycles. The molecule has 13 heteroatoms. The molecule has 3 fully saturated rings. The van der Waals surface area contributed by atoms with Gasteiger partial charge >= 0.3 is 6.18 Å². The summed E-state index contributed by atoms with van der Waals surface area (Å²) in [6.07, 6.45) is -2.29. The number of alkyl halides is 3. The molecule has 0 unspecified atom stereocenters. The Labute approximate surface area is 214 Å². The first-order valence-corrected chi connectivity index (χ1v) is 13.7. The Morgan fingerprint density at radius 1 is 1.05 bits per heavy atom. The van der Waals surface area contributed by atoms with E-state index in [0.717, 1.165) is 12.1 Å². The van der Waals surface area contributed by atoms with Crippen LogP contribution < -0.4 is 0 Å². The number of carbonyl (C=O) groups is 2. The number of carbonyl (C=O) groups excluding carboxylic acids is 2. The van der Waals surface area contributed by atoms with Gasteiger partial charge in [0.15, 0.2) is 0 Å². The molecule has 0 saturated carbocycles. The van der Waals surface area contributed by atoms with Crippen molar-refractivity contribution in [3.63, 3.8) is 0 Å². The zero-order valence-electron chi connectivity index (χ0n) is 20.5. The Morgan fingerprint density at radius 3 is 2.32 bits per heavy atom. The first kappa shape index (κ1) is 27.3. The summed E-state index contributed by atoms with van der Waals surface area (Å²) in [7, 11) is -2.20. The molecule has 9 nitrogen and oxygen atoms in total. The van der Waals surface area contributed by atoms with Gasteiger partial charge in [0.25, 0.3) is 10.2 Å². The van der Waals surface area contributed by atoms with Crippen molar-refractivity contribution in [2.75, 3.05) is 39.8 Å². The van der Waals surface area contributed by atoms with Gasteiger partial charge in [0.05, 0.1) is 23.5 Å². The van der Waals surface area contributed by atoms with Gasteiger partial charge in [-0.15, -0.1) is 0 Å². The van der Waals surface area contributed by atoms with E-state index in [1.165, 1.54) is 30.5 Å². The van der Waals surface area contributed by atoms with Crippen LogP contribution in [0.5, 0.6) is 0 Å². The Balaban J connectivity index is 1.38. The lowest BCUT2D eigenvalue weighted by Crippen LogP contribution is -2.57. The molecular formula is C24H30F3N5O4S. The molecule has 3 aliphatic heterocycles. The van der Waals surface area contributed by atoms with Gasteiger partial charge in [-0.2, -0.15) is 35.5 Å². The maximum absolute atomic E-state index is 13.4. The summed E-state index contributed by atoms with van der Waals surface area (Å²) in [6.45, 7) is 1.14. The molecule has 0 aliphatic carbocycles. The van der Waals surface area contributed by atoms with Gasteiger partial charge in [-0.3, -0.25) is 9.59 Å². The highest BCUT2D eigenvalue weighted by Gasteiger charge is 2.44. The Hall–Kier alpha value is -2.69. The molecule has 1 aromatic carbocycles. The summed E-state index contributed by atoms with van der Waals surface area (Å²) in [5, 5.41) is 8.94. The van der Waals surface area contributed by atoms with E-state index in [1.54, 1.807) is 7.05 Å². The summed E-state index contributed by atoms with van der Waals surface area (Å²) >= 11 is 0. The number of hydrogen-bond acceptors (Lipinski definition) is 5. The summed E-state index contributed by atoms with van der Waals surface area (Å²) in [5.74, 6) is -1.43. The maximum atomic E-state index is 13.4. The van der Waals surface area contributed by atoms with Crippen molar-refractivity contribution < 1.29 is 31.2 Å². The first-order chi connectivity index (χ1) is 17.4. The lowest BCUT2D eigenvalue weighted by molar-refractivity contribution is -0.146. The van der Waals surface area contributed by atoms with Crippen LogP contribution >= 0.6 is 0 Å². The average Bonchev–Trinajstić information content (AvgIpc) is 3.32. The Kier molecular flexibility index (Phi) is 7.83. The topological polar surface area (TPSA) is 105 Å². The molecular weight excluding hydrogens is 511 g/mol. The zero-order valence-corrected chi connectivity index (χ0v) is 21.3. The highest BCUT2D eigenvalue weighted by molar-refractivity contribution is 7.86. The standard InChI is InChI=1S/C24H30F3N5O4S/c1-29(13-17-6-8-20(9-7-17)24(25,26)27)23(34)21-5-3-11-32(21)22(33)19-4-2-10-30(16-19)37(35,36)31-14-18(12-28)15-31/h6-9,18-19,21H,2-5,10-11,13-16H2,1H3/t19-,21+/m0/s1. The van der Waals surface area contributed by atoms with Gasteiger partial charge in [0.1, 0.15) is 6.04 Å². The number of nitrogens with zero attached hydrogens (tertiary/aromatic N) is 5. The fourth-order valence-electron chi connectivity index (χ4n) is 5.15. The predicted octanol–water partition coefficient (Wildman–Crippen LogP) is 2.07. The summed E-state index contributed by atoms with van der Waals surface area (Å²) in [6, 6.07) is 5.98. The zero-order chi connectivity index (χ0) is 27.0. The minimum absolute atomic E-state index is 0.0354. The van der Waals surface area contributed by atoms with Gasteiger partial charge in [0.2, 0.25) is 11.8 Å². The second-order valence-corrected chi connectivity index (χ2v) is 11.9. The third kappa shape index (κ3) is 5.76. The van der Waals surface area contributed by atoms with Crippen LogP contribution in [0.1, 0.15) is 36.8 Å². The molecule has 0 N–H and O–H groups in total. The van der Waals surface area contributed by atoms with Gasteiger partial charge in [-0.25, -0.2) is 0 Å². The lowest BCUT2D eigenvalue weighted by atomic mass is 9.97. The van der Waals surface area contributed by atoms with Crippen LogP contribution in [-0.2, 0) is 32.5 Å². The van der Waals surface area contributed by atoms with Gasteiger partial charge in [0, 0.05) is 46.3 Å². The van der Waals surface area contributed by atoms with E-state index in [-0.39, 0.29) is 43.9 Å². The third-order valence-electron chi connectivity index (χ3n) is 7.31. The van der Waals surface area contributed by atoms with Crippen LogP contribution in [0.4, 0.5) is 13.2 Å². The molecule has 3 saturated heterocycles. The van der Waals surface area contributed by atoms with Gasteiger partial charge in [-0.1, -0.05) is 12.1 Å². The molecule has 0 radical (unpaired) electrons. The largest absolute Gasteiger partial charge is 0.416 e. The van der Waals surface area contributed by atoms with Gasteiger partial charge in [-0.05, 0) is 43.4 Å². The summed E-state index contributed by atoms with van der Waals surface area (Å²) in [4.78, 5) is 29.6. The minimum atomic E-state index is -4.44. The SMILES string of the molecule is CN(Cc1ccc(C(F)(F)F)cc1)C(=O)[C@H]1CCCN1C(=O)[C@H]1CCCN(S(=O)(=O)N2CC(C#N)C2)C1. The number of piperidine rings is 1. The second-order valence-electron chi connectivity index (χ2n) is 9.93. The average molecular weight is 542 g/mol. The van der Waals surface area contributed by atoms with Crippen LogP contribution in [-0.4, -0.2) is 84.5 Å². The fraction of sp³-hybridized carbons (Fsp3) is 0.625. The molecule has 1 aromatic rings. The summed E-state index contributed by atoms with van der Waals surface area (Å²) < 4.78 is 66.9. The number of nitriles is 1. The molecule has 0 aromatic heterocycles. The third-order valence-corrected chi connectivity index (χ3v) is 9.25. The van der Waals surface area contributed by atoms with E-state index in [1.807, 2.05) is 0 Å². The van der Waals surface area contributed by atoms with Crippen LogP contribution in [0, 0.1) is 23.2 Å². The number of amides is 2. The fourth-order valence-corrected chi connectivity index (χ4v) is 6.94. The number of benzene rings is 1. The number of rotatable bonds is 6. The number of likely N-dealkylation sites (N-methyl/N-ethyl adjacent to an activating group) is 1.